The predicted molar refractivity (Wildman–Crippen MR) is 699 cm³/mol. The average molecular weight is 2030 g/mol. The lowest BCUT2D eigenvalue weighted by Crippen LogP contribution is -2.07. The van der Waals surface area contributed by atoms with Gasteiger partial charge in [-0.05, 0) is 274 Å². The summed E-state index contributed by atoms with van der Waals surface area (Å²) in [7, 11) is 0. The van der Waals surface area contributed by atoms with E-state index >= 15 is 0 Å². The van der Waals surface area contributed by atoms with E-state index in [1.165, 1.54) is 276 Å². The average Bonchev–Trinajstić information content (AvgIpc) is 0.784. The van der Waals surface area contributed by atoms with E-state index in [4.69, 9.17) is 0 Å². The Bertz CT molecular complexity index is 5360. The molecule has 0 unspecified atom stereocenters. The molecule has 0 N–H and O–H groups in total. The molecule has 0 saturated heterocycles. The smallest absolute Gasteiger partial charge is 0.0105 e. The van der Waals surface area contributed by atoms with E-state index in [2.05, 4.69) is 428 Å². The normalized spacial score (nSPS) is 9.87. The van der Waals surface area contributed by atoms with Gasteiger partial charge in [0, 0.05) is 0 Å². The number of hydrogen-bond donors (Lipinski definition) is 0. The second-order valence-corrected chi connectivity index (χ2v) is 35.7. The van der Waals surface area contributed by atoms with E-state index in [1.54, 1.807) is 5.56 Å². The van der Waals surface area contributed by atoms with Gasteiger partial charge in [-0.15, -0.1) is 0 Å². The molecule has 0 bridgehead atoms. The molecule has 0 nitrogen and oxygen atoms in total. The molecule has 0 aromatic heterocycles. The molecule has 0 heteroatoms. The summed E-state index contributed by atoms with van der Waals surface area (Å²) in [5.74, 6) is 4.76. The highest BCUT2D eigenvalue weighted by Gasteiger charge is 2.19. The molecule has 15 rings (SSSR count). The van der Waals surface area contributed by atoms with Gasteiger partial charge < -0.3 is 0 Å². The molecule has 0 spiro atoms. The molecule has 1 aliphatic rings. The van der Waals surface area contributed by atoms with Crippen molar-refractivity contribution in [3.05, 3.63) is 381 Å². The van der Waals surface area contributed by atoms with Crippen molar-refractivity contribution in [3.8, 4) is 66.8 Å². The molecule has 1 aliphatic carbocycles. The van der Waals surface area contributed by atoms with Crippen LogP contribution in [0.5, 0.6) is 0 Å². The van der Waals surface area contributed by atoms with Crippen molar-refractivity contribution in [1.29, 1.82) is 0 Å². The first-order valence-electron chi connectivity index (χ1n) is 61.1. The maximum atomic E-state index is 2.47. The summed E-state index contributed by atoms with van der Waals surface area (Å²) in [6.45, 7) is 96.3. The SMILES string of the molecule is CC.CC.CC.CC.CC.CC.CC.CC.CC.CC.CC.CC.CC.CC.CCC(CC)Cc1ccc(-c2ccc(-c3ccc(C)cc3)cc2)cc1.CCC(CC)Cc1ccc(-c2ccc(C)cc2)cc1.CCC(CC)Cc1ccc2c(c1)CCc1cc(C)ccc1-2.CCC(CC)Cc1ccc2c(ccc3cc(C)ccc32)c1.CCC(CC)c1ccc(-c2ccc(C)cc2)cc1.Cc1ccc(-c2ccc(CCC(C)C)cc2)cc1. The molecule has 0 fully saturated rings. The second-order valence-electron chi connectivity index (χ2n) is 35.7. The zero-order valence-corrected chi connectivity index (χ0v) is 106. The van der Waals surface area contributed by atoms with Crippen LogP contribution in [0, 0.1) is 71.1 Å². The van der Waals surface area contributed by atoms with Crippen LogP contribution in [0.1, 0.15) is 431 Å². The fraction of sp³-hybridized carbons (Fsp3) is 0.467. The summed E-state index contributed by atoms with van der Waals surface area (Å²) in [6.07, 6.45) is 22.3. The van der Waals surface area contributed by atoms with Crippen LogP contribution in [0.3, 0.4) is 0 Å². The van der Waals surface area contributed by atoms with Gasteiger partial charge in [-0.25, -0.2) is 0 Å². The Hall–Kier alpha value is -10.4. The van der Waals surface area contributed by atoms with E-state index in [0.29, 0.717) is 5.92 Å². The van der Waals surface area contributed by atoms with Gasteiger partial charge in [0.2, 0.25) is 0 Å². The van der Waals surface area contributed by atoms with Gasteiger partial charge in [-0.2, -0.15) is 0 Å². The Kier molecular flexibility index (Phi) is 94.4. The standard InChI is InChI=1S/C25H28.C21H26.C21H24.C19H24.2C18H22.14C2H6/c1-4-20(5-2)18-21-8-12-23(13-9-21)25-16-14-24(15-17-25)22-10-6-19(3)7-11-22;2*1-4-16(5-2)13-17-7-11-21-19(14-17)9-8-18-12-15(3)6-10-20(18)21;1-4-16(5-2)14-17-8-12-19(13-9-17)18-10-6-15(3)7-11-18;1-14(2)4-7-16-8-12-18(13-9-16)17-10-5-15(3)6-11-17;1-4-15(5-2)16-10-12-18(13-11-16)17-8-6-14(3)7-9-17;14*1-2/h6-17,20H,4-5,18H2,1-3H3;6-7,10-12,14,16H,4-5,8-9,13H2,1-3H3;6-12,14,16H,4-5,13H2,1-3H3;6-13,16H,4-5,14H2,1-3H3;5-6,8-14H,4,7H2,1-3H3;6-13,15H,4-5H2,1-3H3;14*1-2H3. The monoisotopic (exact) mass is 2030 g/mol. The zero-order chi connectivity index (χ0) is 115. The molecule has 0 amide bonds. The van der Waals surface area contributed by atoms with Gasteiger partial charge in [0.05, 0.1) is 0 Å². The Balaban J connectivity index is -0.000000535. The number of rotatable bonds is 27. The summed E-state index contributed by atoms with van der Waals surface area (Å²) in [5.41, 5.74) is 35.7. The highest BCUT2D eigenvalue weighted by atomic mass is 14.2. The molecular weight excluding hydrogens is 1800 g/mol. The molecule has 830 valence electrons. The third-order valence-corrected chi connectivity index (χ3v) is 26.2. The van der Waals surface area contributed by atoms with Crippen molar-refractivity contribution in [3.63, 3.8) is 0 Å². The number of aryl methyl sites for hydroxylation is 9. The van der Waals surface area contributed by atoms with Crippen LogP contribution in [0.25, 0.3) is 88.3 Å². The van der Waals surface area contributed by atoms with Crippen molar-refractivity contribution in [2.24, 2.45) is 29.6 Å². The van der Waals surface area contributed by atoms with E-state index in [9.17, 15) is 0 Å². The van der Waals surface area contributed by atoms with Crippen molar-refractivity contribution in [2.45, 2.75) is 440 Å². The Morgan fingerprint density at radius 3 is 0.680 bits per heavy atom. The Morgan fingerprint density at radius 1 is 0.187 bits per heavy atom. The molecule has 0 aliphatic heterocycles. The van der Waals surface area contributed by atoms with Crippen molar-refractivity contribution in [2.75, 3.05) is 0 Å². The topological polar surface area (TPSA) is 0 Å². The maximum absolute atomic E-state index is 2.47. The number of benzene rings is 14. The predicted octanol–water partition coefficient (Wildman–Crippen LogP) is 50.2. The van der Waals surface area contributed by atoms with Crippen LogP contribution < -0.4 is 0 Å². The Labute approximate surface area is 932 Å². The fourth-order valence-corrected chi connectivity index (χ4v) is 17.2. The summed E-state index contributed by atoms with van der Waals surface area (Å²) in [5, 5.41) is 5.46. The minimum absolute atomic E-state index is 0.706. The van der Waals surface area contributed by atoms with Crippen molar-refractivity contribution < 1.29 is 0 Å². The van der Waals surface area contributed by atoms with E-state index in [0.717, 1.165) is 29.6 Å². The lowest BCUT2D eigenvalue weighted by atomic mass is 9.83. The van der Waals surface area contributed by atoms with Crippen LogP contribution >= 0.6 is 0 Å². The van der Waals surface area contributed by atoms with Crippen LogP contribution in [-0.4, -0.2) is 0 Å². The van der Waals surface area contributed by atoms with Crippen molar-refractivity contribution >= 4 is 21.5 Å². The van der Waals surface area contributed by atoms with E-state index in [1.807, 2.05) is 194 Å². The molecule has 14 aromatic carbocycles. The van der Waals surface area contributed by atoms with Crippen LogP contribution in [0.4, 0.5) is 0 Å². The maximum Gasteiger partial charge on any atom is -0.0105 e. The quantitative estimate of drug-likeness (QED) is 0.0450. The minimum Gasteiger partial charge on any atom is -0.0683 e. The van der Waals surface area contributed by atoms with Crippen LogP contribution in [-0.2, 0) is 44.9 Å². The van der Waals surface area contributed by atoms with E-state index < -0.39 is 0 Å². The molecule has 0 heterocycles. The molecule has 150 heavy (non-hydrogen) atoms. The molecule has 14 aromatic rings. The highest BCUT2D eigenvalue weighted by molar-refractivity contribution is 6.07. The van der Waals surface area contributed by atoms with E-state index in [-0.39, 0.29) is 0 Å². The summed E-state index contributed by atoms with van der Waals surface area (Å²) in [4.78, 5) is 0. The van der Waals surface area contributed by atoms with Gasteiger partial charge >= 0.3 is 0 Å². The minimum atomic E-state index is 0.706. The first kappa shape index (κ1) is 148. The molecular formula is C150H230. The first-order valence-corrected chi connectivity index (χ1v) is 61.1. The third-order valence-electron chi connectivity index (χ3n) is 26.2. The van der Waals surface area contributed by atoms with Gasteiger partial charge in [0.15, 0.2) is 0 Å². The lowest BCUT2D eigenvalue weighted by Gasteiger charge is -2.22. The molecule has 0 saturated carbocycles. The van der Waals surface area contributed by atoms with Crippen molar-refractivity contribution in [1.82, 2.24) is 0 Å². The van der Waals surface area contributed by atoms with Crippen LogP contribution in [0.2, 0.25) is 0 Å². The highest BCUT2D eigenvalue weighted by Crippen LogP contribution is 2.37. The Morgan fingerprint density at radius 2 is 0.393 bits per heavy atom. The van der Waals surface area contributed by atoms with Crippen LogP contribution in [0.15, 0.2) is 303 Å². The number of fused-ring (bicyclic) bond motifs is 6. The summed E-state index contributed by atoms with van der Waals surface area (Å²) in [6, 6.07) is 112. The van der Waals surface area contributed by atoms with Gasteiger partial charge in [0.25, 0.3) is 0 Å². The fourth-order valence-electron chi connectivity index (χ4n) is 17.2. The summed E-state index contributed by atoms with van der Waals surface area (Å²) >= 11 is 0. The first-order chi connectivity index (χ1) is 73.2. The summed E-state index contributed by atoms with van der Waals surface area (Å²) < 4.78 is 0. The van der Waals surface area contributed by atoms with Gasteiger partial charge in [0.1, 0.15) is 0 Å². The molecule has 0 radical (unpaired) electrons. The number of hydrogen-bond acceptors (Lipinski definition) is 0. The lowest BCUT2D eigenvalue weighted by molar-refractivity contribution is 0.490. The zero-order valence-electron chi connectivity index (χ0n) is 106. The van der Waals surface area contributed by atoms with Gasteiger partial charge in [-0.3, -0.25) is 0 Å². The largest absolute Gasteiger partial charge is 0.0683 e. The molecule has 0 atom stereocenters. The second kappa shape index (κ2) is 95.7. The van der Waals surface area contributed by atoms with Gasteiger partial charge in [-0.1, -0.05) is 665 Å². The third kappa shape index (κ3) is 55.8.